The lowest BCUT2D eigenvalue weighted by atomic mass is 10.0. The fourth-order valence-electron chi connectivity index (χ4n) is 1.95. The van der Waals surface area contributed by atoms with Crippen LogP contribution in [0.2, 0.25) is 0 Å². The molecule has 3 heteroatoms. The molecule has 1 unspecified atom stereocenters. The van der Waals surface area contributed by atoms with E-state index in [0.29, 0.717) is 5.56 Å². The number of carbonyl (C=O) groups is 1. The van der Waals surface area contributed by atoms with Crippen LogP contribution in [-0.2, 0) is 0 Å². The SMILES string of the molecule is NC(=O)c1ccc2c(c1)C1=CC=CC1O2. The lowest BCUT2D eigenvalue weighted by Crippen LogP contribution is -2.10. The molecule has 2 N–H and O–H groups in total. The summed E-state index contributed by atoms with van der Waals surface area (Å²) < 4.78 is 5.66. The van der Waals surface area contributed by atoms with Gasteiger partial charge in [0.05, 0.1) is 0 Å². The van der Waals surface area contributed by atoms with Gasteiger partial charge < -0.3 is 10.5 Å². The molecule has 0 radical (unpaired) electrons. The zero-order chi connectivity index (χ0) is 10.4. The molecular weight excluding hydrogens is 190 g/mol. The van der Waals surface area contributed by atoms with E-state index in [1.165, 1.54) is 0 Å². The first-order valence-electron chi connectivity index (χ1n) is 4.75. The molecule has 1 atom stereocenters. The van der Waals surface area contributed by atoms with Crippen LogP contribution in [-0.4, -0.2) is 12.0 Å². The van der Waals surface area contributed by atoms with E-state index in [-0.39, 0.29) is 6.10 Å². The number of hydrogen-bond donors (Lipinski definition) is 1. The normalized spacial score (nSPS) is 20.5. The van der Waals surface area contributed by atoms with E-state index in [1.807, 2.05) is 18.2 Å². The van der Waals surface area contributed by atoms with Gasteiger partial charge in [0.15, 0.2) is 0 Å². The summed E-state index contributed by atoms with van der Waals surface area (Å²) in [6.07, 6.45) is 5.96. The number of nitrogens with two attached hydrogens (primary N) is 1. The van der Waals surface area contributed by atoms with Gasteiger partial charge in [-0.3, -0.25) is 4.79 Å². The van der Waals surface area contributed by atoms with E-state index in [2.05, 4.69) is 0 Å². The average molecular weight is 199 g/mol. The second-order valence-electron chi connectivity index (χ2n) is 3.62. The highest BCUT2D eigenvalue weighted by atomic mass is 16.5. The highest BCUT2D eigenvalue weighted by Gasteiger charge is 2.28. The molecule has 0 fully saturated rings. The zero-order valence-electron chi connectivity index (χ0n) is 7.94. The molecule has 1 amide bonds. The Hall–Kier alpha value is -2.03. The minimum absolute atomic E-state index is 0.0168. The summed E-state index contributed by atoms with van der Waals surface area (Å²) in [4.78, 5) is 11.0. The van der Waals surface area contributed by atoms with Gasteiger partial charge in [0.25, 0.3) is 0 Å². The van der Waals surface area contributed by atoms with Gasteiger partial charge in [-0.05, 0) is 24.3 Å². The summed E-state index contributed by atoms with van der Waals surface area (Å²) in [5.74, 6) is 0.411. The largest absolute Gasteiger partial charge is 0.481 e. The van der Waals surface area contributed by atoms with Gasteiger partial charge in [0.2, 0.25) is 5.91 Å². The summed E-state index contributed by atoms with van der Waals surface area (Å²) in [6.45, 7) is 0. The molecule has 15 heavy (non-hydrogen) atoms. The molecule has 0 saturated heterocycles. The van der Waals surface area contributed by atoms with Crippen molar-refractivity contribution in [3.63, 3.8) is 0 Å². The van der Waals surface area contributed by atoms with Crippen molar-refractivity contribution in [2.45, 2.75) is 6.10 Å². The molecule has 0 aromatic heterocycles. The van der Waals surface area contributed by atoms with Gasteiger partial charge in [-0.25, -0.2) is 0 Å². The summed E-state index contributed by atoms with van der Waals surface area (Å²) in [6, 6.07) is 5.27. The maximum Gasteiger partial charge on any atom is 0.248 e. The maximum absolute atomic E-state index is 11.0. The van der Waals surface area contributed by atoms with Crippen LogP contribution in [0, 0.1) is 0 Å². The van der Waals surface area contributed by atoms with Crippen molar-refractivity contribution in [3.05, 3.63) is 47.6 Å². The molecule has 1 aromatic rings. The Bertz CT molecular complexity index is 514. The predicted molar refractivity (Wildman–Crippen MR) is 56.5 cm³/mol. The topological polar surface area (TPSA) is 52.3 Å². The number of carbonyl (C=O) groups excluding carboxylic acids is 1. The standard InChI is InChI=1S/C12H9NO2/c13-12(14)7-4-5-11-9(6-7)8-2-1-3-10(8)15-11/h1-6,10H,(H2,13,14). The Kier molecular flexibility index (Phi) is 1.51. The van der Waals surface area contributed by atoms with Crippen molar-refractivity contribution < 1.29 is 9.53 Å². The monoisotopic (exact) mass is 199 g/mol. The van der Waals surface area contributed by atoms with Gasteiger partial charge in [-0.1, -0.05) is 12.2 Å². The predicted octanol–water partition coefficient (Wildman–Crippen LogP) is 1.50. The van der Waals surface area contributed by atoms with Gasteiger partial charge >= 0.3 is 0 Å². The summed E-state index contributed by atoms with van der Waals surface area (Å²) in [5, 5.41) is 0. The quantitative estimate of drug-likeness (QED) is 0.745. The number of rotatable bonds is 1. The summed E-state index contributed by atoms with van der Waals surface area (Å²) in [5.41, 5.74) is 7.83. The van der Waals surface area contributed by atoms with Crippen molar-refractivity contribution in [3.8, 4) is 5.75 Å². The lowest BCUT2D eigenvalue weighted by molar-refractivity contribution is 0.100. The number of primary amides is 1. The van der Waals surface area contributed by atoms with E-state index in [1.54, 1.807) is 18.2 Å². The average Bonchev–Trinajstić information content (AvgIpc) is 2.75. The molecule has 0 saturated carbocycles. The van der Waals surface area contributed by atoms with E-state index < -0.39 is 5.91 Å². The number of fused-ring (bicyclic) bond motifs is 3. The molecule has 3 rings (SSSR count). The first kappa shape index (κ1) is 8.29. The number of ether oxygens (including phenoxy) is 1. The fraction of sp³-hybridized carbons (Fsp3) is 0.0833. The highest BCUT2D eigenvalue weighted by Crippen LogP contribution is 2.40. The second kappa shape index (κ2) is 2.73. The van der Waals surface area contributed by atoms with Crippen LogP contribution in [0.3, 0.4) is 0 Å². The Labute approximate surface area is 86.8 Å². The highest BCUT2D eigenvalue weighted by molar-refractivity contribution is 5.95. The smallest absolute Gasteiger partial charge is 0.248 e. The molecule has 1 aromatic carbocycles. The minimum Gasteiger partial charge on any atom is -0.481 e. The third kappa shape index (κ3) is 1.09. The summed E-state index contributed by atoms with van der Waals surface area (Å²) >= 11 is 0. The summed E-state index contributed by atoms with van der Waals surface area (Å²) in [7, 11) is 0. The van der Waals surface area contributed by atoms with Crippen molar-refractivity contribution in [2.75, 3.05) is 0 Å². The molecule has 74 valence electrons. The minimum atomic E-state index is -0.409. The van der Waals surface area contributed by atoms with Crippen molar-refractivity contribution >= 4 is 11.5 Å². The number of allylic oxidation sites excluding steroid dienone is 2. The molecule has 1 aliphatic carbocycles. The second-order valence-corrected chi connectivity index (χ2v) is 3.62. The molecule has 0 bridgehead atoms. The van der Waals surface area contributed by atoms with Gasteiger partial charge in [-0.2, -0.15) is 0 Å². The third-order valence-electron chi connectivity index (χ3n) is 2.70. The van der Waals surface area contributed by atoms with Crippen LogP contribution in [0.25, 0.3) is 5.57 Å². The molecule has 1 heterocycles. The van der Waals surface area contributed by atoms with Crippen LogP contribution in [0.4, 0.5) is 0 Å². The van der Waals surface area contributed by atoms with Crippen LogP contribution < -0.4 is 10.5 Å². The first-order chi connectivity index (χ1) is 7.25. The number of hydrogen-bond acceptors (Lipinski definition) is 2. The first-order valence-corrected chi connectivity index (χ1v) is 4.75. The van der Waals surface area contributed by atoms with E-state index >= 15 is 0 Å². The molecule has 1 aliphatic heterocycles. The Morgan fingerprint density at radius 1 is 1.40 bits per heavy atom. The maximum atomic E-state index is 11.0. The van der Waals surface area contributed by atoms with Crippen molar-refractivity contribution in [1.82, 2.24) is 0 Å². The zero-order valence-corrected chi connectivity index (χ0v) is 7.94. The molecule has 0 spiro atoms. The van der Waals surface area contributed by atoms with E-state index in [9.17, 15) is 4.79 Å². The fourth-order valence-corrected chi connectivity index (χ4v) is 1.95. The Balaban J connectivity index is 2.14. The van der Waals surface area contributed by atoms with Crippen LogP contribution >= 0.6 is 0 Å². The number of benzene rings is 1. The van der Waals surface area contributed by atoms with Gasteiger partial charge in [0, 0.05) is 16.7 Å². The van der Waals surface area contributed by atoms with Gasteiger partial charge in [-0.15, -0.1) is 0 Å². The van der Waals surface area contributed by atoms with Crippen LogP contribution in [0.15, 0.2) is 36.4 Å². The lowest BCUT2D eigenvalue weighted by Gasteiger charge is -2.02. The molecular formula is C12H9NO2. The molecule has 3 nitrogen and oxygen atoms in total. The number of amides is 1. The van der Waals surface area contributed by atoms with Gasteiger partial charge in [0.1, 0.15) is 11.9 Å². The van der Waals surface area contributed by atoms with Crippen LogP contribution in [0.5, 0.6) is 5.75 Å². The van der Waals surface area contributed by atoms with E-state index in [4.69, 9.17) is 10.5 Å². The van der Waals surface area contributed by atoms with Crippen molar-refractivity contribution in [1.29, 1.82) is 0 Å². The Morgan fingerprint density at radius 2 is 2.27 bits per heavy atom. The van der Waals surface area contributed by atoms with Crippen molar-refractivity contribution in [2.24, 2.45) is 5.73 Å². The molecule has 2 aliphatic rings. The van der Waals surface area contributed by atoms with E-state index in [0.717, 1.165) is 16.9 Å². The Morgan fingerprint density at radius 3 is 3.07 bits per heavy atom. The van der Waals surface area contributed by atoms with Crippen LogP contribution in [0.1, 0.15) is 15.9 Å². The third-order valence-corrected chi connectivity index (χ3v) is 2.70.